The van der Waals surface area contributed by atoms with E-state index in [2.05, 4.69) is 6.92 Å². The van der Waals surface area contributed by atoms with E-state index in [1.54, 1.807) is 6.92 Å². The zero-order valence-electron chi connectivity index (χ0n) is 8.86. The molecule has 0 aromatic rings. The minimum absolute atomic E-state index is 0.00523. The normalized spacial score (nSPS) is 24.5. The van der Waals surface area contributed by atoms with E-state index in [-0.39, 0.29) is 12.0 Å². The van der Waals surface area contributed by atoms with Crippen molar-refractivity contribution in [3.63, 3.8) is 0 Å². The fourth-order valence-corrected chi connectivity index (χ4v) is 1.77. The predicted molar refractivity (Wildman–Crippen MR) is 53.1 cm³/mol. The SMILES string of the molecule is C[C@@H](C(=O)O)N1CCC(C)(CO)CC1. The summed E-state index contributed by atoms with van der Waals surface area (Å²) in [7, 11) is 0. The molecule has 2 N–H and O–H groups in total. The number of hydrogen-bond donors (Lipinski definition) is 2. The second-order valence-electron chi connectivity index (χ2n) is 4.52. The van der Waals surface area contributed by atoms with Crippen molar-refractivity contribution < 1.29 is 15.0 Å². The maximum absolute atomic E-state index is 10.7. The number of carboxylic acid groups (broad SMARTS) is 1. The van der Waals surface area contributed by atoms with Gasteiger partial charge in [-0.15, -0.1) is 0 Å². The molecule has 0 aromatic heterocycles. The van der Waals surface area contributed by atoms with Gasteiger partial charge in [0.25, 0.3) is 0 Å². The Balaban J connectivity index is 2.47. The summed E-state index contributed by atoms with van der Waals surface area (Å²) < 4.78 is 0. The van der Waals surface area contributed by atoms with Crippen molar-refractivity contribution in [2.75, 3.05) is 19.7 Å². The first-order valence-electron chi connectivity index (χ1n) is 5.06. The maximum Gasteiger partial charge on any atom is 0.320 e. The lowest BCUT2D eigenvalue weighted by Gasteiger charge is -2.39. The van der Waals surface area contributed by atoms with Crippen molar-refractivity contribution in [2.24, 2.45) is 5.41 Å². The van der Waals surface area contributed by atoms with Crippen LogP contribution in [0.25, 0.3) is 0 Å². The standard InChI is InChI=1S/C10H19NO3/c1-8(9(13)14)11-5-3-10(2,7-12)4-6-11/h8,12H,3-7H2,1-2H3,(H,13,14)/t8-/m0/s1. The van der Waals surface area contributed by atoms with E-state index in [9.17, 15) is 4.79 Å². The minimum Gasteiger partial charge on any atom is -0.480 e. The van der Waals surface area contributed by atoms with Crippen LogP contribution in [0, 0.1) is 5.41 Å². The Morgan fingerprint density at radius 3 is 2.36 bits per heavy atom. The smallest absolute Gasteiger partial charge is 0.320 e. The van der Waals surface area contributed by atoms with Crippen LogP contribution in [0.2, 0.25) is 0 Å². The molecule has 14 heavy (non-hydrogen) atoms. The Kier molecular flexibility index (Phi) is 3.50. The van der Waals surface area contributed by atoms with Crippen LogP contribution in [0.3, 0.4) is 0 Å². The summed E-state index contributed by atoms with van der Waals surface area (Å²) in [5, 5.41) is 18.0. The highest BCUT2D eigenvalue weighted by Gasteiger charge is 2.32. The van der Waals surface area contributed by atoms with Gasteiger partial charge in [-0.3, -0.25) is 9.69 Å². The van der Waals surface area contributed by atoms with Crippen molar-refractivity contribution in [1.29, 1.82) is 0 Å². The summed E-state index contributed by atoms with van der Waals surface area (Å²) in [5.41, 5.74) is -0.00523. The van der Waals surface area contributed by atoms with Gasteiger partial charge >= 0.3 is 5.97 Å². The first kappa shape index (κ1) is 11.5. The lowest BCUT2D eigenvalue weighted by molar-refractivity contribution is -0.143. The second-order valence-corrected chi connectivity index (χ2v) is 4.52. The van der Waals surface area contributed by atoms with Crippen molar-refractivity contribution in [3.05, 3.63) is 0 Å². The third-order valence-electron chi connectivity index (χ3n) is 3.29. The van der Waals surface area contributed by atoms with E-state index in [1.165, 1.54) is 0 Å². The van der Waals surface area contributed by atoms with Crippen LogP contribution in [-0.2, 0) is 4.79 Å². The molecule has 1 aliphatic rings. The molecule has 4 nitrogen and oxygen atoms in total. The number of hydrogen-bond acceptors (Lipinski definition) is 3. The molecule has 1 heterocycles. The largest absolute Gasteiger partial charge is 0.480 e. The fraction of sp³-hybridized carbons (Fsp3) is 0.900. The van der Waals surface area contributed by atoms with Crippen LogP contribution in [0.5, 0.6) is 0 Å². The van der Waals surface area contributed by atoms with Crippen molar-refractivity contribution in [2.45, 2.75) is 32.7 Å². The highest BCUT2D eigenvalue weighted by Crippen LogP contribution is 2.30. The molecule has 0 radical (unpaired) electrons. The Bertz CT molecular complexity index is 209. The second kappa shape index (κ2) is 4.28. The van der Waals surface area contributed by atoms with Crippen LogP contribution in [0.1, 0.15) is 26.7 Å². The highest BCUT2D eigenvalue weighted by molar-refractivity contribution is 5.72. The van der Waals surface area contributed by atoms with Gasteiger partial charge in [-0.2, -0.15) is 0 Å². The molecule has 0 unspecified atom stereocenters. The summed E-state index contributed by atoms with van der Waals surface area (Å²) in [6.45, 7) is 5.50. The van der Waals surface area contributed by atoms with E-state index in [0.29, 0.717) is 0 Å². The number of carboxylic acids is 1. The van der Waals surface area contributed by atoms with Gasteiger partial charge in [0.1, 0.15) is 6.04 Å². The van der Waals surface area contributed by atoms with Crippen LogP contribution in [-0.4, -0.2) is 46.8 Å². The number of rotatable bonds is 3. The molecular weight excluding hydrogens is 182 g/mol. The topological polar surface area (TPSA) is 60.8 Å². The molecular formula is C10H19NO3. The molecule has 1 aliphatic heterocycles. The molecule has 0 amide bonds. The Morgan fingerprint density at radius 1 is 1.50 bits per heavy atom. The number of nitrogens with zero attached hydrogens (tertiary/aromatic N) is 1. The number of likely N-dealkylation sites (tertiary alicyclic amines) is 1. The molecule has 1 rings (SSSR count). The average Bonchev–Trinajstić information content (AvgIpc) is 2.18. The van der Waals surface area contributed by atoms with Crippen molar-refractivity contribution >= 4 is 5.97 Å². The molecule has 1 fully saturated rings. The van der Waals surface area contributed by atoms with Gasteiger partial charge in [0, 0.05) is 6.61 Å². The minimum atomic E-state index is -0.766. The third-order valence-corrected chi connectivity index (χ3v) is 3.29. The van der Waals surface area contributed by atoms with Gasteiger partial charge in [0.15, 0.2) is 0 Å². The van der Waals surface area contributed by atoms with Crippen molar-refractivity contribution in [1.82, 2.24) is 4.90 Å². The third kappa shape index (κ3) is 2.45. The van der Waals surface area contributed by atoms with E-state index in [4.69, 9.17) is 10.2 Å². The molecule has 1 atom stereocenters. The Morgan fingerprint density at radius 2 is 2.00 bits per heavy atom. The molecule has 82 valence electrons. The van der Waals surface area contributed by atoms with Gasteiger partial charge in [-0.1, -0.05) is 6.92 Å². The summed E-state index contributed by atoms with van der Waals surface area (Å²) in [6.07, 6.45) is 1.75. The monoisotopic (exact) mass is 201 g/mol. The number of aliphatic hydroxyl groups is 1. The van der Waals surface area contributed by atoms with Gasteiger partial charge in [0.05, 0.1) is 0 Å². The van der Waals surface area contributed by atoms with E-state index < -0.39 is 12.0 Å². The number of aliphatic carboxylic acids is 1. The van der Waals surface area contributed by atoms with Gasteiger partial charge in [-0.25, -0.2) is 0 Å². The number of aliphatic hydroxyl groups excluding tert-OH is 1. The zero-order valence-corrected chi connectivity index (χ0v) is 8.86. The quantitative estimate of drug-likeness (QED) is 0.700. The van der Waals surface area contributed by atoms with Crippen molar-refractivity contribution in [3.8, 4) is 0 Å². The lowest BCUT2D eigenvalue weighted by Crippen LogP contribution is -2.47. The average molecular weight is 201 g/mol. The van der Waals surface area contributed by atoms with Gasteiger partial charge < -0.3 is 10.2 Å². The number of carbonyl (C=O) groups is 1. The Hall–Kier alpha value is -0.610. The molecule has 0 aromatic carbocycles. The summed E-state index contributed by atoms with van der Waals surface area (Å²) >= 11 is 0. The molecule has 1 saturated heterocycles. The predicted octanol–water partition coefficient (Wildman–Crippen LogP) is 0.554. The van der Waals surface area contributed by atoms with Crippen LogP contribution in [0.4, 0.5) is 0 Å². The van der Waals surface area contributed by atoms with E-state index >= 15 is 0 Å². The van der Waals surface area contributed by atoms with Crippen LogP contribution < -0.4 is 0 Å². The first-order chi connectivity index (χ1) is 6.48. The molecule has 0 aliphatic carbocycles. The Labute approximate surface area is 84.5 Å². The number of piperidine rings is 1. The van der Waals surface area contributed by atoms with E-state index in [1.807, 2.05) is 4.90 Å². The summed E-state index contributed by atoms with van der Waals surface area (Å²) in [6, 6.07) is -0.404. The molecule has 0 saturated carbocycles. The summed E-state index contributed by atoms with van der Waals surface area (Å²) in [5.74, 6) is -0.766. The lowest BCUT2D eigenvalue weighted by atomic mass is 9.81. The fourth-order valence-electron chi connectivity index (χ4n) is 1.77. The van der Waals surface area contributed by atoms with Crippen LogP contribution >= 0.6 is 0 Å². The van der Waals surface area contributed by atoms with Crippen LogP contribution in [0.15, 0.2) is 0 Å². The summed E-state index contributed by atoms with van der Waals surface area (Å²) in [4.78, 5) is 12.7. The zero-order chi connectivity index (χ0) is 10.8. The van der Waals surface area contributed by atoms with Gasteiger partial charge in [-0.05, 0) is 38.3 Å². The molecule has 0 bridgehead atoms. The highest BCUT2D eigenvalue weighted by atomic mass is 16.4. The first-order valence-corrected chi connectivity index (χ1v) is 5.06. The maximum atomic E-state index is 10.7. The van der Waals surface area contributed by atoms with Gasteiger partial charge in [0.2, 0.25) is 0 Å². The van der Waals surface area contributed by atoms with E-state index in [0.717, 1.165) is 25.9 Å². The molecule has 4 heteroatoms. The molecule has 0 spiro atoms.